The van der Waals surface area contributed by atoms with Gasteiger partial charge in [-0.25, -0.2) is 9.37 Å². The predicted octanol–water partition coefficient (Wildman–Crippen LogP) is 4.14. The van der Waals surface area contributed by atoms with E-state index in [2.05, 4.69) is 16.0 Å². The third kappa shape index (κ3) is 2.95. The lowest BCUT2D eigenvalue weighted by molar-refractivity contribution is 0.397. The van der Waals surface area contributed by atoms with Gasteiger partial charge in [0.15, 0.2) is 0 Å². The van der Waals surface area contributed by atoms with Crippen molar-refractivity contribution < 1.29 is 9.13 Å². The van der Waals surface area contributed by atoms with Crippen molar-refractivity contribution in [3.63, 3.8) is 0 Å². The molecule has 2 heterocycles. The number of ether oxygens (including phenoxy) is 1. The molecular formula is C19H14FN3O. The summed E-state index contributed by atoms with van der Waals surface area (Å²) in [4.78, 5) is 8.39. The quantitative estimate of drug-likeness (QED) is 0.728. The lowest BCUT2D eigenvalue weighted by atomic mass is 9.99. The Kier molecular flexibility index (Phi) is 4.21. The highest BCUT2D eigenvalue weighted by Gasteiger charge is 2.16. The lowest BCUT2D eigenvalue weighted by Gasteiger charge is -2.11. The summed E-state index contributed by atoms with van der Waals surface area (Å²) >= 11 is 0. The average molecular weight is 319 g/mol. The number of benzene rings is 1. The highest BCUT2D eigenvalue weighted by Crippen LogP contribution is 2.32. The maximum absolute atomic E-state index is 13.1. The summed E-state index contributed by atoms with van der Waals surface area (Å²) in [5, 5.41) is 9.51. The predicted molar refractivity (Wildman–Crippen MR) is 88.9 cm³/mol. The standard InChI is InChI=1S/C19H14FN3O/c1-12-3-5-13(6-4-12)15-9-18(17-8-7-14(20)11-22-17)23-19(24-2)16(15)10-21/h3-9,11H,1-2H3. The third-order valence-corrected chi connectivity index (χ3v) is 3.64. The van der Waals surface area contributed by atoms with Gasteiger partial charge < -0.3 is 4.74 Å². The van der Waals surface area contributed by atoms with Gasteiger partial charge in [0.25, 0.3) is 0 Å². The minimum Gasteiger partial charge on any atom is -0.480 e. The van der Waals surface area contributed by atoms with Gasteiger partial charge in [-0.05, 0) is 30.7 Å². The monoisotopic (exact) mass is 319 g/mol. The van der Waals surface area contributed by atoms with Crippen LogP contribution in [0.5, 0.6) is 5.88 Å². The number of halogens is 1. The largest absolute Gasteiger partial charge is 0.480 e. The number of hydrogen-bond donors (Lipinski definition) is 0. The molecule has 0 radical (unpaired) electrons. The van der Waals surface area contributed by atoms with E-state index in [0.717, 1.165) is 17.3 Å². The second-order valence-corrected chi connectivity index (χ2v) is 5.28. The first-order chi connectivity index (χ1) is 11.6. The minimum absolute atomic E-state index is 0.219. The zero-order valence-electron chi connectivity index (χ0n) is 13.2. The fraction of sp³-hybridized carbons (Fsp3) is 0.105. The average Bonchev–Trinajstić information content (AvgIpc) is 2.62. The van der Waals surface area contributed by atoms with E-state index in [-0.39, 0.29) is 5.88 Å². The Balaban J connectivity index is 2.23. The van der Waals surface area contributed by atoms with Crippen molar-refractivity contribution in [2.75, 3.05) is 7.11 Å². The number of aromatic nitrogens is 2. The zero-order chi connectivity index (χ0) is 17.1. The molecule has 0 fully saturated rings. The van der Waals surface area contributed by atoms with Crippen molar-refractivity contribution in [3.05, 3.63) is 65.6 Å². The molecule has 0 saturated carbocycles. The van der Waals surface area contributed by atoms with E-state index in [9.17, 15) is 9.65 Å². The fourth-order valence-electron chi connectivity index (χ4n) is 2.40. The molecule has 24 heavy (non-hydrogen) atoms. The summed E-state index contributed by atoms with van der Waals surface area (Å²) in [7, 11) is 1.46. The topological polar surface area (TPSA) is 58.8 Å². The van der Waals surface area contributed by atoms with Gasteiger partial charge in [-0.3, -0.25) is 4.98 Å². The molecular weight excluding hydrogens is 305 g/mol. The van der Waals surface area contributed by atoms with Crippen LogP contribution in [0.4, 0.5) is 4.39 Å². The van der Waals surface area contributed by atoms with E-state index in [4.69, 9.17) is 4.74 Å². The van der Waals surface area contributed by atoms with Gasteiger partial charge in [0.1, 0.15) is 17.4 Å². The first-order valence-corrected chi connectivity index (χ1v) is 7.30. The highest BCUT2D eigenvalue weighted by molar-refractivity contribution is 5.77. The Morgan fingerprint density at radius 3 is 2.42 bits per heavy atom. The van der Waals surface area contributed by atoms with Crippen LogP contribution in [0.15, 0.2) is 48.7 Å². The van der Waals surface area contributed by atoms with Gasteiger partial charge in [-0.1, -0.05) is 29.8 Å². The van der Waals surface area contributed by atoms with Crippen molar-refractivity contribution in [1.29, 1.82) is 5.26 Å². The number of nitrogens with zero attached hydrogens (tertiary/aromatic N) is 3. The van der Waals surface area contributed by atoms with Crippen LogP contribution in [-0.2, 0) is 0 Å². The summed E-state index contributed by atoms with van der Waals surface area (Å²) in [6.07, 6.45) is 1.13. The molecule has 0 aliphatic rings. The Bertz CT molecular complexity index is 913. The maximum atomic E-state index is 13.1. The van der Waals surface area contributed by atoms with Gasteiger partial charge in [0, 0.05) is 5.56 Å². The Labute approximate surface area is 139 Å². The summed E-state index contributed by atoms with van der Waals surface area (Å²) in [5.74, 6) is -0.199. The van der Waals surface area contributed by atoms with Gasteiger partial charge in [-0.15, -0.1) is 0 Å². The molecule has 1 aromatic carbocycles. The molecule has 0 aliphatic carbocycles. The van der Waals surface area contributed by atoms with E-state index < -0.39 is 5.82 Å². The Hall–Kier alpha value is -3.26. The normalized spacial score (nSPS) is 10.2. The molecule has 0 unspecified atom stereocenters. The fourth-order valence-corrected chi connectivity index (χ4v) is 2.40. The summed E-state index contributed by atoms with van der Waals surface area (Å²) in [5.41, 5.74) is 4.08. The second kappa shape index (κ2) is 6.47. The summed E-state index contributed by atoms with van der Waals surface area (Å²) < 4.78 is 18.4. The van der Waals surface area contributed by atoms with Crippen LogP contribution < -0.4 is 4.74 Å². The van der Waals surface area contributed by atoms with Crippen molar-refractivity contribution in [2.24, 2.45) is 0 Å². The summed E-state index contributed by atoms with van der Waals surface area (Å²) in [6.45, 7) is 2.00. The van der Waals surface area contributed by atoms with Crippen LogP contribution in [0, 0.1) is 24.1 Å². The molecule has 0 N–H and O–H groups in total. The maximum Gasteiger partial charge on any atom is 0.232 e. The van der Waals surface area contributed by atoms with Crippen LogP contribution in [0.2, 0.25) is 0 Å². The molecule has 3 rings (SSSR count). The number of hydrogen-bond acceptors (Lipinski definition) is 4. The van der Waals surface area contributed by atoms with Gasteiger partial charge in [0.2, 0.25) is 5.88 Å². The first-order valence-electron chi connectivity index (χ1n) is 7.30. The van der Waals surface area contributed by atoms with Crippen molar-refractivity contribution in [3.8, 4) is 34.5 Å². The molecule has 5 heteroatoms. The van der Waals surface area contributed by atoms with E-state index in [1.54, 1.807) is 12.1 Å². The van der Waals surface area contributed by atoms with Gasteiger partial charge in [-0.2, -0.15) is 5.26 Å². The lowest BCUT2D eigenvalue weighted by Crippen LogP contribution is -1.98. The molecule has 118 valence electrons. The minimum atomic E-state index is -0.418. The van der Waals surface area contributed by atoms with Crippen molar-refractivity contribution >= 4 is 0 Å². The van der Waals surface area contributed by atoms with Crippen LogP contribution in [0.3, 0.4) is 0 Å². The third-order valence-electron chi connectivity index (χ3n) is 3.64. The van der Waals surface area contributed by atoms with E-state index >= 15 is 0 Å². The first kappa shape index (κ1) is 15.6. The van der Waals surface area contributed by atoms with Crippen molar-refractivity contribution in [2.45, 2.75) is 6.92 Å². The van der Waals surface area contributed by atoms with Crippen LogP contribution in [0.25, 0.3) is 22.5 Å². The number of nitriles is 1. The zero-order valence-corrected chi connectivity index (χ0v) is 13.2. The SMILES string of the molecule is COc1nc(-c2ccc(F)cn2)cc(-c2ccc(C)cc2)c1C#N. The van der Waals surface area contributed by atoms with E-state index in [1.807, 2.05) is 31.2 Å². The smallest absolute Gasteiger partial charge is 0.232 e. The molecule has 0 spiro atoms. The van der Waals surface area contributed by atoms with Gasteiger partial charge in [0.05, 0.1) is 24.7 Å². The number of rotatable bonds is 3. The molecule has 0 atom stereocenters. The highest BCUT2D eigenvalue weighted by atomic mass is 19.1. The van der Waals surface area contributed by atoms with E-state index in [1.165, 1.54) is 13.2 Å². The molecule has 2 aromatic heterocycles. The molecule has 0 saturated heterocycles. The van der Waals surface area contributed by atoms with Crippen LogP contribution in [0.1, 0.15) is 11.1 Å². The molecule has 4 nitrogen and oxygen atoms in total. The second-order valence-electron chi connectivity index (χ2n) is 5.28. The van der Waals surface area contributed by atoms with Crippen molar-refractivity contribution in [1.82, 2.24) is 9.97 Å². The molecule has 3 aromatic rings. The van der Waals surface area contributed by atoms with Crippen LogP contribution >= 0.6 is 0 Å². The molecule has 0 amide bonds. The van der Waals surface area contributed by atoms with E-state index in [0.29, 0.717) is 22.5 Å². The number of pyridine rings is 2. The Morgan fingerprint density at radius 1 is 1.08 bits per heavy atom. The number of aryl methyl sites for hydroxylation is 1. The van der Waals surface area contributed by atoms with Gasteiger partial charge >= 0.3 is 0 Å². The molecule has 0 aliphatic heterocycles. The van der Waals surface area contributed by atoms with Crippen LogP contribution in [-0.4, -0.2) is 17.1 Å². The molecule has 0 bridgehead atoms. The number of methoxy groups -OCH3 is 1. The summed E-state index contributed by atoms with van der Waals surface area (Å²) in [6, 6.07) is 14.6. The Morgan fingerprint density at radius 2 is 1.83 bits per heavy atom.